The van der Waals surface area contributed by atoms with Crippen molar-refractivity contribution in [3.63, 3.8) is 0 Å². The largest absolute Gasteiger partial charge is 0.444 e. The second-order valence-electron chi connectivity index (χ2n) is 8.55. The van der Waals surface area contributed by atoms with E-state index in [4.69, 9.17) is 4.74 Å². The van der Waals surface area contributed by atoms with Crippen molar-refractivity contribution in [2.75, 3.05) is 13.1 Å². The molecule has 2 amide bonds. The summed E-state index contributed by atoms with van der Waals surface area (Å²) >= 11 is 0. The van der Waals surface area contributed by atoms with E-state index in [0.717, 1.165) is 24.5 Å². The summed E-state index contributed by atoms with van der Waals surface area (Å²) in [5, 5.41) is 8.74. The van der Waals surface area contributed by atoms with Crippen LogP contribution in [0.2, 0.25) is 0 Å². The molecule has 4 rings (SSSR count). The topological polar surface area (TPSA) is 80.6 Å². The zero-order chi connectivity index (χ0) is 20.6. The Morgan fingerprint density at radius 3 is 2.55 bits per heavy atom. The minimum absolute atomic E-state index is 0.0247. The summed E-state index contributed by atoms with van der Waals surface area (Å²) in [5.41, 5.74) is 0.157. The van der Waals surface area contributed by atoms with Gasteiger partial charge in [-0.25, -0.2) is 4.79 Å². The molecule has 0 bridgehead atoms. The van der Waals surface area contributed by atoms with Crippen molar-refractivity contribution in [1.29, 1.82) is 0 Å². The van der Waals surface area contributed by atoms with Crippen molar-refractivity contribution < 1.29 is 14.3 Å². The van der Waals surface area contributed by atoms with Crippen molar-refractivity contribution >= 4 is 12.0 Å². The lowest BCUT2D eigenvalue weighted by atomic mass is 10.1. The number of hydrogen-bond acceptors (Lipinski definition) is 5. The molecule has 0 aliphatic carbocycles. The molecule has 0 saturated carbocycles. The van der Waals surface area contributed by atoms with E-state index >= 15 is 0 Å². The van der Waals surface area contributed by atoms with Gasteiger partial charge in [-0.15, -0.1) is 10.2 Å². The van der Waals surface area contributed by atoms with E-state index in [1.54, 1.807) is 4.90 Å². The van der Waals surface area contributed by atoms with E-state index in [1.165, 1.54) is 0 Å². The first-order valence-electron chi connectivity index (χ1n) is 10.1. The first-order valence-corrected chi connectivity index (χ1v) is 10.1. The van der Waals surface area contributed by atoms with Crippen molar-refractivity contribution in [3.8, 4) is 0 Å². The Bertz CT molecular complexity index is 903. The summed E-state index contributed by atoms with van der Waals surface area (Å²) in [6.45, 7) is 7.77. The van der Waals surface area contributed by atoms with Crippen LogP contribution in [-0.2, 0) is 17.8 Å². The molecule has 0 N–H and O–H groups in total. The van der Waals surface area contributed by atoms with Gasteiger partial charge in [0.25, 0.3) is 5.91 Å². The SMILES string of the molecule is CC(C)(C)OC(=O)N1CCn2c(nnc2C2CCCN2C(=O)c2ccccc2)C1. The van der Waals surface area contributed by atoms with Gasteiger partial charge in [-0.3, -0.25) is 9.69 Å². The molecular weight excluding hydrogens is 370 g/mol. The molecule has 3 heterocycles. The van der Waals surface area contributed by atoms with E-state index in [0.29, 0.717) is 31.7 Å². The fourth-order valence-corrected chi connectivity index (χ4v) is 3.93. The lowest BCUT2D eigenvalue weighted by molar-refractivity contribution is 0.0193. The highest BCUT2D eigenvalue weighted by Gasteiger charge is 2.36. The van der Waals surface area contributed by atoms with E-state index in [2.05, 4.69) is 14.8 Å². The van der Waals surface area contributed by atoms with Crippen LogP contribution in [0.1, 0.15) is 61.7 Å². The maximum absolute atomic E-state index is 13.0. The number of rotatable bonds is 2. The van der Waals surface area contributed by atoms with Crippen LogP contribution in [0.25, 0.3) is 0 Å². The number of nitrogens with zero attached hydrogens (tertiary/aromatic N) is 5. The molecule has 0 radical (unpaired) electrons. The third-order valence-corrected chi connectivity index (χ3v) is 5.27. The molecule has 1 unspecified atom stereocenters. The minimum Gasteiger partial charge on any atom is -0.444 e. The molecule has 8 nitrogen and oxygen atoms in total. The van der Waals surface area contributed by atoms with Gasteiger partial charge in [0.05, 0.1) is 12.6 Å². The Kier molecular flexibility index (Phi) is 5.02. The van der Waals surface area contributed by atoms with Crippen LogP contribution >= 0.6 is 0 Å². The predicted octanol–water partition coefficient (Wildman–Crippen LogP) is 3.01. The van der Waals surface area contributed by atoms with Crippen molar-refractivity contribution in [3.05, 3.63) is 47.5 Å². The average Bonchev–Trinajstić information content (AvgIpc) is 3.32. The number of hydrogen-bond donors (Lipinski definition) is 0. The van der Waals surface area contributed by atoms with Gasteiger partial charge >= 0.3 is 6.09 Å². The highest BCUT2D eigenvalue weighted by molar-refractivity contribution is 5.94. The monoisotopic (exact) mass is 397 g/mol. The van der Waals surface area contributed by atoms with Gasteiger partial charge in [0.15, 0.2) is 11.6 Å². The van der Waals surface area contributed by atoms with Crippen LogP contribution in [0.15, 0.2) is 30.3 Å². The molecule has 1 atom stereocenters. The summed E-state index contributed by atoms with van der Waals surface area (Å²) in [6.07, 6.45) is 1.47. The molecule has 29 heavy (non-hydrogen) atoms. The predicted molar refractivity (Wildman–Crippen MR) is 106 cm³/mol. The molecule has 8 heteroatoms. The van der Waals surface area contributed by atoms with Gasteiger partial charge in [-0.2, -0.15) is 0 Å². The Labute approximate surface area is 170 Å². The average molecular weight is 397 g/mol. The highest BCUT2D eigenvalue weighted by Crippen LogP contribution is 2.33. The molecule has 0 spiro atoms. The normalized spacial score (nSPS) is 19.2. The first-order chi connectivity index (χ1) is 13.8. The summed E-state index contributed by atoms with van der Waals surface area (Å²) in [6, 6.07) is 9.26. The Morgan fingerprint density at radius 2 is 1.83 bits per heavy atom. The first kappa shape index (κ1) is 19.4. The number of benzene rings is 1. The van der Waals surface area contributed by atoms with Crippen LogP contribution in [-0.4, -0.2) is 55.3 Å². The fourth-order valence-electron chi connectivity index (χ4n) is 3.93. The zero-order valence-corrected chi connectivity index (χ0v) is 17.2. The molecular formula is C21H27N5O3. The van der Waals surface area contributed by atoms with E-state index < -0.39 is 5.60 Å². The van der Waals surface area contributed by atoms with Crippen LogP contribution in [0, 0.1) is 0 Å². The van der Waals surface area contributed by atoms with Gasteiger partial charge in [0.1, 0.15) is 5.60 Å². The fraction of sp³-hybridized carbons (Fsp3) is 0.524. The molecule has 154 valence electrons. The summed E-state index contributed by atoms with van der Waals surface area (Å²) < 4.78 is 7.53. The third-order valence-electron chi connectivity index (χ3n) is 5.27. The van der Waals surface area contributed by atoms with Gasteiger partial charge in [-0.05, 0) is 45.7 Å². The van der Waals surface area contributed by atoms with Gasteiger partial charge in [0.2, 0.25) is 0 Å². The minimum atomic E-state index is -0.532. The second-order valence-corrected chi connectivity index (χ2v) is 8.55. The molecule has 2 aromatic rings. The quantitative estimate of drug-likeness (QED) is 0.778. The maximum atomic E-state index is 13.0. The van der Waals surface area contributed by atoms with Crippen LogP contribution < -0.4 is 0 Å². The molecule has 1 saturated heterocycles. The molecule has 1 aromatic carbocycles. The second kappa shape index (κ2) is 7.50. The number of carbonyl (C=O) groups excluding carboxylic acids is 2. The summed E-state index contributed by atoms with van der Waals surface area (Å²) in [4.78, 5) is 28.9. The number of likely N-dealkylation sites (tertiary alicyclic amines) is 1. The molecule has 2 aliphatic heterocycles. The van der Waals surface area contributed by atoms with Gasteiger partial charge in [0, 0.05) is 25.2 Å². The molecule has 1 aromatic heterocycles. The number of carbonyl (C=O) groups is 2. The van der Waals surface area contributed by atoms with Gasteiger partial charge < -0.3 is 14.2 Å². The van der Waals surface area contributed by atoms with Gasteiger partial charge in [-0.1, -0.05) is 18.2 Å². The van der Waals surface area contributed by atoms with Crippen molar-refractivity contribution in [2.24, 2.45) is 0 Å². The van der Waals surface area contributed by atoms with E-state index in [-0.39, 0.29) is 18.0 Å². The third kappa shape index (κ3) is 3.97. The van der Waals surface area contributed by atoms with E-state index in [9.17, 15) is 9.59 Å². The Morgan fingerprint density at radius 1 is 1.07 bits per heavy atom. The molecule has 2 aliphatic rings. The highest BCUT2D eigenvalue weighted by atomic mass is 16.6. The zero-order valence-electron chi connectivity index (χ0n) is 17.2. The maximum Gasteiger partial charge on any atom is 0.410 e. The molecule has 1 fully saturated rings. The van der Waals surface area contributed by atoms with Crippen molar-refractivity contribution in [2.45, 2.75) is 58.3 Å². The lowest BCUT2D eigenvalue weighted by Gasteiger charge is -2.31. The Balaban J connectivity index is 1.52. The Hall–Kier alpha value is -2.90. The summed E-state index contributed by atoms with van der Waals surface area (Å²) in [7, 11) is 0. The standard InChI is InChI=1S/C21H27N5O3/c1-21(2,3)29-20(28)24-12-13-26-17(14-24)22-23-18(26)16-10-7-11-25(16)19(27)15-8-5-4-6-9-15/h4-6,8-9,16H,7,10-14H2,1-3H3. The summed E-state index contributed by atoms with van der Waals surface area (Å²) in [5.74, 6) is 1.57. The van der Waals surface area contributed by atoms with Crippen LogP contribution in [0.4, 0.5) is 4.79 Å². The number of aromatic nitrogens is 3. The van der Waals surface area contributed by atoms with Crippen LogP contribution in [0.3, 0.4) is 0 Å². The lowest BCUT2D eigenvalue weighted by Crippen LogP contribution is -2.42. The smallest absolute Gasteiger partial charge is 0.410 e. The number of amides is 2. The van der Waals surface area contributed by atoms with Crippen molar-refractivity contribution in [1.82, 2.24) is 24.6 Å². The van der Waals surface area contributed by atoms with Crippen LogP contribution in [0.5, 0.6) is 0 Å². The number of ether oxygens (including phenoxy) is 1. The van der Waals surface area contributed by atoms with E-state index in [1.807, 2.05) is 56.0 Å². The number of fused-ring (bicyclic) bond motifs is 1.